The average Bonchev–Trinajstić information content (AvgIpc) is 2.82. The van der Waals surface area contributed by atoms with Gasteiger partial charge in [-0.05, 0) is 49.5 Å². The number of carbonyl (C=O) groups excluding carboxylic acids is 1. The van der Waals surface area contributed by atoms with E-state index < -0.39 is 6.10 Å². The smallest absolute Gasteiger partial charge is 0.231 e. The monoisotopic (exact) mass is 274 g/mol. The maximum absolute atomic E-state index is 12.3. The molecule has 2 N–H and O–H groups in total. The Bertz CT molecular complexity index is 509. The summed E-state index contributed by atoms with van der Waals surface area (Å²) in [5, 5.41) is 13.3. The van der Waals surface area contributed by atoms with Crippen LogP contribution in [0, 0.1) is 0 Å². The maximum atomic E-state index is 12.3. The standard InChI is InChI=1S/C16H22N2O2/c1-2-15(19)11-3-4-14-12(9-11)10-16(20)18(14)13-5-7-17-8-6-13/h3-4,9,13,15,17,19H,2,5-8,10H2,1H3. The summed E-state index contributed by atoms with van der Waals surface area (Å²) in [6.45, 7) is 3.93. The van der Waals surface area contributed by atoms with E-state index in [1.807, 2.05) is 30.0 Å². The van der Waals surface area contributed by atoms with E-state index in [0.717, 1.165) is 42.7 Å². The lowest BCUT2D eigenvalue weighted by Crippen LogP contribution is -2.44. The number of nitrogens with one attached hydrogen (secondary N) is 1. The van der Waals surface area contributed by atoms with Crippen molar-refractivity contribution in [2.45, 2.75) is 44.8 Å². The summed E-state index contributed by atoms with van der Waals surface area (Å²) in [6, 6.07) is 6.30. The third kappa shape index (κ3) is 2.34. The van der Waals surface area contributed by atoms with E-state index in [2.05, 4.69) is 5.32 Å². The van der Waals surface area contributed by atoms with Crippen molar-refractivity contribution in [3.05, 3.63) is 29.3 Å². The van der Waals surface area contributed by atoms with Gasteiger partial charge in [-0.1, -0.05) is 19.1 Å². The van der Waals surface area contributed by atoms with E-state index >= 15 is 0 Å². The first kappa shape index (κ1) is 13.6. The zero-order valence-corrected chi connectivity index (χ0v) is 11.9. The van der Waals surface area contributed by atoms with Gasteiger partial charge in [-0.25, -0.2) is 0 Å². The predicted octanol–water partition coefficient (Wildman–Crippen LogP) is 1.77. The van der Waals surface area contributed by atoms with E-state index in [4.69, 9.17) is 0 Å². The number of hydrogen-bond donors (Lipinski definition) is 2. The Morgan fingerprint density at radius 1 is 1.40 bits per heavy atom. The number of benzene rings is 1. The normalized spacial score (nSPS) is 21.1. The largest absolute Gasteiger partial charge is 0.388 e. The van der Waals surface area contributed by atoms with E-state index in [1.54, 1.807) is 0 Å². The fraction of sp³-hybridized carbons (Fsp3) is 0.562. The number of carbonyl (C=O) groups is 1. The molecule has 0 aliphatic carbocycles. The third-order valence-electron chi connectivity index (χ3n) is 4.42. The summed E-state index contributed by atoms with van der Waals surface area (Å²) in [6.07, 6.45) is 2.78. The second-order valence-electron chi connectivity index (χ2n) is 5.73. The Labute approximate surface area is 119 Å². The van der Waals surface area contributed by atoms with Crippen LogP contribution in [0.25, 0.3) is 0 Å². The molecule has 1 fully saturated rings. The Morgan fingerprint density at radius 2 is 2.15 bits per heavy atom. The molecule has 2 heterocycles. The molecule has 0 saturated carbocycles. The van der Waals surface area contributed by atoms with E-state index in [9.17, 15) is 9.90 Å². The molecule has 0 aromatic heterocycles. The van der Waals surface area contributed by atoms with Gasteiger partial charge in [-0.15, -0.1) is 0 Å². The minimum absolute atomic E-state index is 0.204. The van der Waals surface area contributed by atoms with Crippen LogP contribution >= 0.6 is 0 Å². The van der Waals surface area contributed by atoms with Gasteiger partial charge in [-0.3, -0.25) is 4.79 Å². The number of hydrogen-bond acceptors (Lipinski definition) is 3. The molecule has 1 aromatic carbocycles. The number of anilines is 1. The fourth-order valence-electron chi connectivity index (χ4n) is 3.27. The molecule has 0 spiro atoms. The highest BCUT2D eigenvalue weighted by molar-refractivity contribution is 6.02. The third-order valence-corrected chi connectivity index (χ3v) is 4.42. The number of aliphatic hydroxyl groups is 1. The van der Waals surface area contributed by atoms with Crippen molar-refractivity contribution in [2.24, 2.45) is 0 Å². The van der Waals surface area contributed by atoms with Gasteiger partial charge in [0, 0.05) is 11.7 Å². The molecule has 4 heteroatoms. The molecule has 1 aromatic rings. The number of nitrogens with zero attached hydrogens (tertiary/aromatic N) is 1. The molecule has 108 valence electrons. The predicted molar refractivity (Wildman–Crippen MR) is 78.8 cm³/mol. The zero-order chi connectivity index (χ0) is 14.1. The second-order valence-corrected chi connectivity index (χ2v) is 5.73. The van der Waals surface area contributed by atoms with Crippen molar-refractivity contribution in [3.8, 4) is 0 Å². The lowest BCUT2D eigenvalue weighted by Gasteiger charge is -2.32. The van der Waals surface area contributed by atoms with Crippen molar-refractivity contribution in [1.29, 1.82) is 0 Å². The van der Waals surface area contributed by atoms with Gasteiger partial charge in [0.25, 0.3) is 0 Å². The summed E-state index contributed by atoms with van der Waals surface area (Å²) >= 11 is 0. The molecule has 1 saturated heterocycles. The SMILES string of the molecule is CCC(O)c1ccc2c(c1)CC(=O)N2C1CCNCC1. The topological polar surface area (TPSA) is 52.6 Å². The van der Waals surface area contributed by atoms with E-state index in [1.165, 1.54) is 0 Å². The van der Waals surface area contributed by atoms with Crippen molar-refractivity contribution in [3.63, 3.8) is 0 Å². The minimum atomic E-state index is -0.427. The van der Waals surface area contributed by atoms with Crippen LogP contribution in [0.2, 0.25) is 0 Å². The van der Waals surface area contributed by atoms with Gasteiger partial charge < -0.3 is 15.3 Å². The number of fused-ring (bicyclic) bond motifs is 1. The maximum Gasteiger partial charge on any atom is 0.231 e. The summed E-state index contributed by atoms with van der Waals surface area (Å²) in [7, 11) is 0. The molecule has 3 rings (SSSR count). The van der Waals surface area contributed by atoms with Crippen LogP contribution in [0.3, 0.4) is 0 Å². The summed E-state index contributed by atoms with van der Waals surface area (Å²) < 4.78 is 0. The first-order valence-electron chi connectivity index (χ1n) is 7.54. The Hall–Kier alpha value is -1.39. The van der Waals surface area contributed by atoms with Crippen LogP contribution in [-0.4, -0.2) is 30.1 Å². The molecule has 1 atom stereocenters. The van der Waals surface area contributed by atoms with E-state index in [0.29, 0.717) is 18.9 Å². The van der Waals surface area contributed by atoms with Gasteiger partial charge in [0.1, 0.15) is 0 Å². The zero-order valence-electron chi connectivity index (χ0n) is 11.9. The van der Waals surface area contributed by atoms with Crippen molar-refractivity contribution >= 4 is 11.6 Å². The lowest BCUT2D eigenvalue weighted by molar-refractivity contribution is -0.117. The van der Waals surface area contributed by atoms with Crippen molar-refractivity contribution in [2.75, 3.05) is 18.0 Å². The summed E-state index contributed by atoms with van der Waals surface area (Å²) in [4.78, 5) is 14.3. The molecule has 20 heavy (non-hydrogen) atoms. The number of piperidine rings is 1. The second kappa shape index (κ2) is 5.54. The van der Waals surface area contributed by atoms with Crippen LogP contribution in [0.4, 0.5) is 5.69 Å². The number of amides is 1. The van der Waals surface area contributed by atoms with Gasteiger partial charge in [-0.2, -0.15) is 0 Å². The Morgan fingerprint density at radius 3 is 2.85 bits per heavy atom. The van der Waals surface area contributed by atoms with Gasteiger partial charge in [0.15, 0.2) is 0 Å². The van der Waals surface area contributed by atoms with Crippen LogP contribution in [0.15, 0.2) is 18.2 Å². The van der Waals surface area contributed by atoms with Crippen molar-refractivity contribution in [1.82, 2.24) is 5.32 Å². The molecule has 0 bridgehead atoms. The Kier molecular flexibility index (Phi) is 3.76. The molecule has 2 aliphatic heterocycles. The molecule has 2 aliphatic rings. The van der Waals surface area contributed by atoms with Gasteiger partial charge >= 0.3 is 0 Å². The number of aliphatic hydroxyl groups excluding tert-OH is 1. The average molecular weight is 274 g/mol. The van der Waals surface area contributed by atoms with Crippen LogP contribution in [0.1, 0.15) is 43.4 Å². The first-order chi connectivity index (χ1) is 9.70. The van der Waals surface area contributed by atoms with Gasteiger partial charge in [0.2, 0.25) is 5.91 Å². The molecular formula is C16H22N2O2. The molecular weight excluding hydrogens is 252 g/mol. The summed E-state index contributed by atoms with van der Waals surface area (Å²) in [5.41, 5.74) is 3.04. The molecule has 1 amide bonds. The quantitative estimate of drug-likeness (QED) is 0.883. The van der Waals surface area contributed by atoms with Gasteiger partial charge in [0.05, 0.1) is 12.5 Å². The van der Waals surface area contributed by atoms with E-state index in [-0.39, 0.29) is 5.91 Å². The van der Waals surface area contributed by atoms with Crippen molar-refractivity contribution < 1.29 is 9.90 Å². The fourth-order valence-corrected chi connectivity index (χ4v) is 3.27. The minimum Gasteiger partial charge on any atom is -0.388 e. The van der Waals surface area contributed by atoms with Crippen LogP contribution in [0.5, 0.6) is 0 Å². The number of rotatable bonds is 3. The van der Waals surface area contributed by atoms with Crippen LogP contribution in [-0.2, 0) is 11.2 Å². The highest BCUT2D eigenvalue weighted by Gasteiger charge is 2.33. The Balaban J connectivity index is 1.88. The van der Waals surface area contributed by atoms with Crippen LogP contribution < -0.4 is 10.2 Å². The summed E-state index contributed by atoms with van der Waals surface area (Å²) in [5.74, 6) is 0.204. The first-order valence-corrected chi connectivity index (χ1v) is 7.54. The molecule has 0 radical (unpaired) electrons. The molecule has 1 unspecified atom stereocenters. The highest BCUT2D eigenvalue weighted by Crippen LogP contribution is 2.34. The molecule has 4 nitrogen and oxygen atoms in total. The lowest BCUT2D eigenvalue weighted by atomic mass is 10.0. The highest BCUT2D eigenvalue weighted by atomic mass is 16.3.